The van der Waals surface area contributed by atoms with Crippen LogP contribution < -0.4 is 14.8 Å². The average molecular weight is 451 g/mol. The third-order valence-corrected chi connectivity index (χ3v) is 5.81. The average Bonchev–Trinajstić information content (AvgIpc) is 3.29. The van der Waals surface area contributed by atoms with Crippen LogP contribution >= 0.6 is 22.9 Å². The van der Waals surface area contributed by atoms with E-state index in [0.717, 1.165) is 21.8 Å². The zero-order valence-electron chi connectivity index (χ0n) is 16.9. The Morgan fingerprint density at radius 1 is 0.968 bits per heavy atom. The van der Waals surface area contributed by atoms with Crippen LogP contribution in [-0.4, -0.2) is 25.1 Å². The lowest BCUT2D eigenvalue weighted by Crippen LogP contribution is -2.13. The molecule has 4 rings (SSSR count). The van der Waals surface area contributed by atoms with Crippen LogP contribution in [0.25, 0.3) is 21.8 Å². The van der Waals surface area contributed by atoms with E-state index in [1.54, 1.807) is 36.6 Å². The van der Waals surface area contributed by atoms with E-state index in [0.29, 0.717) is 27.8 Å². The smallest absolute Gasteiger partial charge is 0.259 e. The number of ether oxygens (including phenoxy) is 2. The van der Waals surface area contributed by atoms with Gasteiger partial charge in [-0.3, -0.25) is 4.79 Å². The van der Waals surface area contributed by atoms with Gasteiger partial charge < -0.3 is 14.8 Å². The predicted molar refractivity (Wildman–Crippen MR) is 125 cm³/mol. The maximum atomic E-state index is 12.8. The van der Waals surface area contributed by atoms with Gasteiger partial charge in [-0.15, -0.1) is 11.3 Å². The molecule has 0 radical (unpaired) electrons. The molecule has 0 spiro atoms. The van der Waals surface area contributed by atoms with E-state index in [1.165, 1.54) is 7.11 Å². The number of thiazole rings is 1. The number of aromatic nitrogens is 1. The Hall–Kier alpha value is -3.35. The highest BCUT2D eigenvalue weighted by atomic mass is 35.5. The summed E-state index contributed by atoms with van der Waals surface area (Å²) in [6.45, 7) is 0. The topological polar surface area (TPSA) is 60.5 Å². The van der Waals surface area contributed by atoms with Crippen LogP contribution in [0.3, 0.4) is 0 Å². The molecule has 0 bridgehead atoms. The van der Waals surface area contributed by atoms with Crippen LogP contribution in [0.5, 0.6) is 11.5 Å². The highest BCUT2D eigenvalue weighted by Gasteiger charge is 2.14. The van der Waals surface area contributed by atoms with Crippen LogP contribution in [-0.2, 0) is 0 Å². The zero-order valence-corrected chi connectivity index (χ0v) is 18.5. The summed E-state index contributed by atoms with van der Waals surface area (Å²) in [5.41, 5.74) is 3.86. The number of nitrogens with one attached hydrogen (secondary N) is 1. The largest absolute Gasteiger partial charge is 0.497 e. The van der Waals surface area contributed by atoms with Crippen molar-refractivity contribution in [2.75, 3.05) is 19.5 Å². The Labute approximate surface area is 189 Å². The molecular weight excluding hydrogens is 432 g/mol. The highest BCUT2D eigenvalue weighted by molar-refractivity contribution is 7.13. The summed E-state index contributed by atoms with van der Waals surface area (Å²) < 4.78 is 10.5. The predicted octanol–water partition coefficient (Wildman–Crippen LogP) is 6.40. The van der Waals surface area contributed by atoms with Gasteiger partial charge in [-0.1, -0.05) is 35.9 Å². The van der Waals surface area contributed by atoms with Crippen LogP contribution in [0.1, 0.15) is 10.4 Å². The normalized spacial score (nSPS) is 10.5. The molecule has 31 heavy (non-hydrogen) atoms. The van der Waals surface area contributed by atoms with Crippen molar-refractivity contribution in [1.29, 1.82) is 0 Å². The monoisotopic (exact) mass is 450 g/mol. The summed E-state index contributed by atoms with van der Waals surface area (Å²) in [5.74, 6) is 0.798. The molecule has 0 aliphatic rings. The molecule has 1 amide bonds. The minimum absolute atomic E-state index is 0.267. The van der Waals surface area contributed by atoms with E-state index in [1.807, 2.05) is 53.9 Å². The van der Waals surface area contributed by atoms with Gasteiger partial charge in [0, 0.05) is 33.3 Å². The second-order valence-corrected chi connectivity index (χ2v) is 7.94. The van der Waals surface area contributed by atoms with Gasteiger partial charge in [0.1, 0.15) is 16.5 Å². The van der Waals surface area contributed by atoms with Gasteiger partial charge in [-0.25, -0.2) is 4.98 Å². The van der Waals surface area contributed by atoms with Crippen LogP contribution in [0, 0.1) is 0 Å². The summed E-state index contributed by atoms with van der Waals surface area (Å²) in [6.07, 6.45) is 0. The Balaban J connectivity index is 1.55. The molecule has 0 fully saturated rings. The van der Waals surface area contributed by atoms with Crippen molar-refractivity contribution >= 4 is 34.5 Å². The molecule has 0 saturated carbocycles. The fraction of sp³-hybridized carbons (Fsp3) is 0.0833. The molecular formula is C24H19ClN2O3S. The molecule has 1 N–H and O–H groups in total. The summed E-state index contributed by atoms with van der Waals surface area (Å²) in [7, 11) is 3.09. The summed E-state index contributed by atoms with van der Waals surface area (Å²) in [5, 5.41) is 6.52. The van der Waals surface area contributed by atoms with Gasteiger partial charge in [0.2, 0.25) is 0 Å². The number of carbonyl (C=O) groups excluding carboxylic acids is 1. The number of hydrogen-bond acceptors (Lipinski definition) is 5. The first kappa shape index (κ1) is 20.9. The first-order valence-electron chi connectivity index (χ1n) is 9.42. The van der Waals surface area contributed by atoms with Gasteiger partial charge in [0.05, 0.1) is 25.5 Å². The number of nitrogens with zero attached hydrogens (tertiary/aromatic N) is 1. The van der Waals surface area contributed by atoms with Crippen molar-refractivity contribution in [2.45, 2.75) is 0 Å². The molecule has 0 atom stereocenters. The van der Waals surface area contributed by atoms with Crippen molar-refractivity contribution < 1.29 is 14.3 Å². The first-order valence-corrected chi connectivity index (χ1v) is 10.7. The van der Waals surface area contributed by atoms with Crippen molar-refractivity contribution in [1.82, 2.24) is 4.98 Å². The molecule has 7 heteroatoms. The number of anilines is 1. The number of benzene rings is 3. The molecule has 0 saturated heterocycles. The lowest BCUT2D eigenvalue weighted by Gasteiger charge is -2.11. The van der Waals surface area contributed by atoms with Crippen LogP contribution in [0.4, 0.5) is 5.69 Å². The molecule has 1 aromatic heterocycles. The zero-order chi connectivity index (χ0) is 21.8. The Kier molecular flexibility index (Phi) is 6.21. The SMILES string of the molecule is COc1ccc(C(=O)Nc2cccc(-c3csc(-c4ccc(Cl)cc4)n3)c2)c(OC)c1. The van der Waals surface area contributed by atoms with Gasteiger partial charge in [0.15, 0.2) is 0 Å². The summed E-state index contributed by atoms with van der Waals surface area (Å²) in [6, 6.07) is 20.3. The maximum absolute atomic E-state index is 12.8. The van der Waals surface area contributed by atoms with Crippen LogP contribution in [0.15, 0.2) is 72.1 Å². The third kappa shape index (κ3) is 4.71. The standard InChI is InChI=1S/C24H19ClN2O3S/c1-29-19-10-11-20(22(13-19)30-2)23(28)26-18-5-3-4-16(12-18)21-14-31-24(27-21)15-6-8-17(25)9-7-15/h3-14H,1-2H3,(H,26,28). The summed E-state index contributed by atoms with van der Waals surface area (Å²) >= 11 is 7.53. The van der Waals surface area contributed by atoms with E-state index in [9.17, 15) is 4.79 Å². The Morgan fingerprint density at radius 3 is 2.52 bits per heavy atom. The van der Waals surface area contributed by atoms with Crippen molar-refractivity contribution in [2.24, 2.45) is 0 Å². The number of rotatable bonds is 6. The second kappa shape index (κ2) is 9.20. The number of hydrogen-bond donors (Lipinski definition) is 1. The van der Waals surface area contributed by atoms with E-state index < -0.39 is 0 Å². The van der Waals surface area contributed by atoms with E-state index in [-0.39, 0.29) is 5.91 Å². The minimum Gasteiger partial charge on any atom is -0.497 e. The molecule has 0 aliphatic carbocycles. The lowest BCUT2D eigenvalue weighted by atomic mass is 10.1. The van der Waals surface area contributed by atoms with E-state index >= 15 is 0 Å². The van der Waals surface area contributed by atoms with Crippen molar-refractivity contribution in [3.8, 4) is 33.3 Å². The van der Waals surface area contributed by atoms with Gasteiger partial charge in [-0.05, 0) is 36.4 Å². The van der Waals surface area contributed by atoms with E-state index in [4.69, 9.17) is 26.1 Å². The first-order chi connectivity index (χ1) is 15.1. The fourth-order valence-electron chi connectivity index (χ4n) is 3.07. The number of methoxy groups -OCH3 is 2. The Bertz CT molecular complexity index is 1220. The second-order valence-electron chi connectivity index (χ2n) is 6.65. The molecule has 5 nitrogen and oxygen atoms in total. The number of carbonyl (C=O) groups is 1. The fourth-order valence-corrected chi connectivity index (χ4v) is 4.03. The van der Waals surface area contributed by atoms with Gasteiger partial charge >= 0.3 is 0 Å². The van der Waals surface area contributed by atoms with Crippen molar-refractivity contribution in [3.63, 3.8) is 0 Å². The maximum Gasteiger partial charge on any atom is 0.259 e. The molecule has 1 heterocycles. The molecule has 3 aromatic carbocycles. The number of amides is 1. The van der Waals surface area contributed by atoms with Crippen molar-refractivity contribution in [3.05, 3.63) is 82.7 Å². The molecule has 0 aliphatic heterocycles. The van der Waals surface area contributed by atoms with Gasteiger partial charge in [-0.2, -0.15) is 0 Å². The lowest BCUT2D eigenvalue weighted by molar-refractivity contribution is 0.102. The van der Waals surface area contributed by atoms with Crippen LogP contribution in [0.2, 0.25) is 5.02 Å². The third-order valence-electron chi connectivity index (χ3n) is 4.66. The molecule has 4 aromatic rings. The van der Waals surface area contributed by atoms with E-state index in [2.05, 4.69) is 5.32 Å². The molecule has 0 unspecified atom stereocenters. The highest BCUT2D eigenvalue weighted by Crippen LogP contribution is 2.31. The Morgan fingerprint density at radius 2 is 1.77 bits per heavy atom. The van der Waals surface area contributed by atoms with Gasteiger partial charge in [0.25, 0.3) is 5.91 Å². The molecule has 156 valence electrons. The minimum atomic E-state index is -0.267. The summed E-state index contributed by atoms with van der Waals surface area (Å²) in [4.78, 5) is 17.5. The number of halogens is 1. The quantitative estimate of drug-likeness (QED) is 0.369.